The molecule has 2 heterocycles. The summed E-state index contributed by atoms with van der Waals surface area (Å²) in [4.78, 5) is 49.7. The van der Waals surface area contributed by atoms with Crippen molar-refractivity contribution in [1.82, 2.24) is 19.9 Å². The number of rotatable bonds is 7. The number of benzene rings is 1. The fourth-order valence-electron chi connectivity index (χ4n) is 2.55. The number of nitrogens with zero attached hydrogens (tertiary/aromatic N) is 3. The molecule has 0 unspecified atom stereocenters. The maximum Gasteiger partial charge on any atom is 0.265 e. The Morgan fingerprint density at radius 2 is 1.93 bits per heavy atom. The highest BCUT2D eigenvalue weighted by Gasteiger charge is 2.18. The number of carbonyl (C=O) groups is 2. The van der Waals surface area contributed by atoms with Gasteiger partial charge < -0.3 is 15.2 Å². The standard InChI is InChI=1S/C20H21N5O3S2/c1-12-17(18(28)25(2)3)30-20(21-12)24-16(27)10-14-9-15(26)23-19(22-14)29-11-13-7-5-4-6-8-13/h4-9H,10-11H2,1-3H3,(H,21,24,27)(H,22,23,26). The van der Waals surface area contributed by atoms with Crippen LogP contribution < -0.4 is 10.9 Å². The first-order valence-corrected chi connectivity index (χ1v) is 10.9. The Hall–Kier alpha value is -2.98. The van der Waals surface area contributed by atoms with E-state index in [4.69, 9.17) is 0 Å². The van der Waals surface area contributed by atoms with Crippen molar-refractivity contribution in [2.75, 3.05) is 19.4 Å². The van der Waals surface area contributed by atoms with Gasteiger partial charge in [-0.25, -0.2) is 9.97 Å². The fraction of sp³-hybridized carbons (Fsp3) is 0.250. The van der Waals surface area contributed by atoms with Crippen molar-refractivity contribution in [2.45, 2.75) is 24.3 Å². The maximum atomic E-state index is 12.4. The maximum absolute atomic E-state index is 12.4. The van der Waals surface area contributed by atoms with Gasteiger partial charge >= 0.3 is 0 Å². The number of hydrogen-bond acceptors (Lipinski definition) is 7. The van der Waals surface area contributed by atoms with Gasteiger partial charge in [0.1, 0.15) is 4.88 Å². The smallest absolute Gasteiger partial charge is 0.265 e. The van der Waals surface area contributed by atoms with Crippen LogP contribution in [0, 0.1) is 6.92 Å². The summed E-state index contributed by atoms with van der Waals surface area (Å²) < 4.78 is 0. The molecular weight excluding hydrogens is 422 g/mol. The molecule has 10 heteroatoms. The Morgan fingerprint density at radius 3 is 2.63 bits per heavy atom. The minimum Gasteiger partial charge on any atom is -0.344 e. The number of aromatic nitrogens is 3. The van der Waals surface area contributed by atoms with E-state index in [9.17, 15) is 14.4 Å². The van der Waals surface area contributed by atoms with E-state index >= 15 is 0 Å². The van der Waals surface area contributed by atoms with E-state index in [1.54, 1.807) is 21.0 Å². The van der Waals surface area contributed by atoms with Crippen molar-refractivity contribution in [1.29, 1.82) is 0 Å². The molecule has 0 bridgehead atoms. The quantitative estimate of drug-likeness (QED) is 0.429. The topological polar surface area (TPSA) is 108 Å². The van der Waals surface area contributed by atoms with Gasteiger partial charge in [0.25, 0.3) is 11.5 Å². The Morgan fingerprint density at radius 1 is 1.20 bits per heavy atom. The lowest BCUT2D eigenvalue weighted by molar-refractivity contribution is -0.115. The molecule has 0 aliphatic carbocycles. The molecule has 2 amide bonds. The van der Waals surface area contributed by atoms with Crippen LogP contribution in [0.15, 0.2) is 46.3 Å². The van der Waals surface area contributed by atoms with Crippen LogP contribution >= 0.6 is 23.1 Å². The number of hydrogen-bond donors (Lipinski definition) is 2. The molecule has 0 saturated heterocycles. The highest BCUT2D eigenvalue weighted by Crippen LogP contribution is 2.24. The molecule has 2 N–H and O–H groups in total. The first kappa shape index (κ1) is 21.7. The third-order valence-corrected chi connectivity index (χ3v) is 5.98. The van der Waals surface area contributed by atoms with E-state index in [-0.39, 0.29) is 23.8 Å². The van der Waals surface area contributed by atoms with E-state index < -0.39 is 0 Å². The molecule has 2 aromatic heterocycles. The first-order valence-electron chi connectivity index (χ1n) is 9.07. The zero-order chi connectivity index (χ0) is 21.7. The van der Waals surface area contributed by atoms with Gasteiger partial charge in [-0.15, -0.1) is 0 Å². The second kappa shape index (κ2) is 9.68. The van der Waals surface area contributed by atoms with Gasteiger partial charge in [0.15, 0.2) is 10.3 Å². The number of nitrogens with one attached hydrogen (secondary N) is 2. The van der Waals surface area contributed by atoms with Crippen LogP contribution in [0.25, 0.3) is 0 Å². The second-order valence-corrected chi connectivity index (χ2v) is 8.64. The second-order valence-electron chi connectivity index (χ2n) is 6.67. The normalized spacial score (nSPS) is 10.6. The van der Waals surface area contributed by atoms with Crippen molar-refractivity contribution in [2.24, 2.45) is 0 Å². The molecule has 3 rings (SSSR count). The van der Waals surface area contributed by atoms with Crippen LogP contribution in [0.4, 0.5) is 5.13 Å². The van der Waals surface area contributed by atoms with Crippen LogP contribution in [-0.2, 0) is 17.0 Å². The summed E-state index contributed by atoms with van der Waals surface area (Å²) in [6.45, 7) is 1.72. The highest BCUT2D eigenvalue weighted by molar-refractivity contribution is 7.98. The molecule has 0 saturated carbocycles. The molecule has 156 valence electrons. The number of carbonyl (C=O) groups excluding carboxylic acids is 2. The number of anilines is 1. The van der Waals surface area contributed by atoms with Crippen LogP contribution in [0.1, 0.15) is 26.6 Å². The van der Waals surface area contributed by atoms with Crippen LogP contribution in [0.3, 0.4) is 0 Å². The minimum absolute atomic E-state index is 0.0710. The van der Waals surface area contributed by atoms with Crippen LogP contribution in [-0.4, -0.2) is 45.8 Å². The van der Waals surface area contributed by atoms with E-state index in [2.05, 4.69) is 20.3 Å². The average molecular weight is 444 g/mol. The molecule has 0 fully saturated rings. The number of aromatic amines is 1. The lowest BCUT2D eigenvalue weighted by Gasteiger charge is -2.07. The van der Waals surface area contributed by atoms with Crippen molar-refractivity contribution in [3.8, 4) is 0 Å². The molecule has 1 aromatic carbocycles. The molecule has 8 nitrogen and oxygen atoms in total. The van der Waals surface area contributed by atoms with Gasteiger partial charge in [0, 0.05) is 25.9 Å². The monoisotopic (exact) mass is 443 g/mol. The number of thiazole rings is 1. The van der Waals surface area contributed by atoms with Gasteiger partial charge in [-0.2, -0.15) is 0 Å². The summed E-state index contributed by atoms with van der Waals surface area (Å²) >= 11 is 2.51. The zero-order valence-corrected chi connectivity index (χ0v) is 18.4. The van der Waals surface area contributed by atoms with Gasteiger partial charge in [-0.3, -0.25) is 14.4 Å². The van der Waals surface area contributed by atoms with E-state index in [0.29, 0.717) is 32.3 Å². The Balaban J connectivity index is 1.65. The predicted molar refractivity (Wildman–Crippen MR) is 118 cm³/mol. The summed E-state index contributed by atoms with van der Waals surface area (Å²) in [7, 11) is 3.32. The molecule has 0 aliphatic rings. The van der Waals surface area contributed by atoms with Crippen molar-refractivity contribution >= 4 is 40.0 Å². The number of thioether (sulfide) groups is 1. The van der Waals surface area contributed by atoms with Crippen LogP contribution in [0.2, 0.25) is 0 Å². The molecule has 0 radical (unpaired) electrons. The van der Waals surface area contributed by atoms with Crippen molar-refractivity contribution in [3.63, 3.8) is 0 Å². The fourth-order valence-corrected chi connectivity index (χ4v) is 4.40. The summed E-state index contributed by atoms with van der Waals surface area (Å²) in [6, 6.07) is 11.1. The van der Waals surface area contributed by atoms with E-state index in [0.717, 1.165) is 16.9 Å². The lowest BCUT2D eigenvalue weighted by atomic mass is 10.2. The van der Waals surface area contributed by atoms with Crippen LogP contribution in [0.5, 0.6) is 0 Å². The Labute approximate surface area is 181 Å². The molecule has 3 aromatic rings. The molecular formula is C20H21N5O3S2. The van der Waals surface area contributed by atoms with Crippen molar-refractivity contribution < 1.29 is 9.59 Å². The first-order chi connectivity index (χ1) is 14.3. The summed E-state index contributed by atoms with van der Waals surface area (Å²) in [6.07, 6.45) is -0.0710. The third kappa shape index (κ3) is 5.77. The molecule has 0 spiro atoms. The van der Waals surface area contributed by atoms with Gasteiger partial charge in [0.05, 0.1) is 17.8 Å². The highest BCUT2D eigenvalue weighted by atomic mass is 32.2. The Bertz CT molecular complexity index is 1110. The summed E-state index contributed by atoms with van der Waals surface area (Å²) in [5.74, 6) is 0.132. The number of aryl methyl sites for hydroxylation is 1. The van der Waals surface area contributed by atoms with Gasteiger partial charge in [-0.1, -0.05) is 53.4 Å². The molecule has 30 heavy (non-hydrogen) atoms. The summed E-state index contributed by atoms with van der Waals surface area (Å²) in [5, 5.41) is 3.48. The SMILES string of the molecule is Cc1nc(NC(=O)Cc2cc(=O)[nH]c(SCc3ccccc3)n2)sc1C(=O)N(C)C. The molecule has 0 atom stereocenters. The summed E-state index contributed by atoms with van der Waals surface area (Å²) in [5.41, 5.74) is 1.72. The molecule has 0 aliphatic heterocycles. The van der Waals surface area contributed by atoms with Gasteiger partial charge in [0.2, 0.25) is 5.91 Å². The lowest BCUT2D eigenvalue weighted by Crippen LogP contribution is -2.21. The largest absolute Gasteiger partial charge is 0.344 e. The number of H-pyrrole nitrogens is 1. The van der Waals surface area contributed by atoms with E-state index in [1.807, 2.05) is 30.3 Å². The van der Waals surface area contributed by atoms with Crippen molar-refractivity contribution in [3.05, 3.63) is 68.6 Å². The minimum atomic E-state index is -0.357. The number of amides is 2. The predicted octanol–water partition coefficient (Wildman–Crippen LogP) is 2.71. The zero-order valence-electron chi connectivity index (χ0n) is 16.8. The van der Waals surface area contributed by atoms with E-state index in [1.165, 1.54) is 22.7 Å². The average Bonchev–Trinajstić information content (AvgIpc) is 3.05. The Kier molecular flexibility index (Phi) is 7.01. The van der Waals surface area contributed by atoms with Gasteiger partial charge in [-0.05, 0) is 12.5 Å². The third-order valence-electron chi connectivity index (χ3n) is 3.98.